The van der Waals surface area contributed by atoms with Crippen molar-refractivity contribution < 1.29 is 4.42 Å². The zero-order chi connectivity index (χ0) is 10.4. The van der Waals surface area contributed by atoms with Crippen LogP contribution in [0, 0.1) is 6.92 Å². The molecular weight excluding hydrogens is 198 g/mol. The second-order valence-electron chi connectivity index (χ2n) is 3.06. The van der Waals surface area contributed by atoms with E-state index in [1.54, 1.807) is 18.7 Å². The quantitative estimate of drug-likeness (QED) is 0.734. The number of hydrogen-bond donors (Lipinski definition) is 1. The average Bonchev–Trinajstić information content (AvgIpc) is 2.59. The van der Waals surface area contributed by atoms with Gasteiger partial charge in [-0.25, -0.2) is 0 Å². The van der Waals surface area contributed by atoms with Gasteiger partial charge in [-0.15, -0.1) is 10.2 Å². The van der Waals surface area contributed by atoms with Crippen molar-refractivity contribution in [1.82, 2.24) is 15.5 Å². The lowest BCUT2D eigenvalue weighted by atomic mass is 10.2. The fourth-order valence-corrected chi connectivity index (χ4v) is 2.09. The molecule has 0 fully saturated rings. The minimum atomic E-state index is 0.525. The Bertz CT molecular complexity index is 264. The summed E-state index contributed by atoms with van der Waals surface area (Å²) in [6, 6.07) is 0.525. The molecule has 0 amide bonds. The number of aromatic nitrogens is 2. The van der Waals surface area contributed by atoms with Crippen molar-refractivity contribution in [2.75, 3.05) is 12.3 Å². The van der Waals surface area contributed by atoms with E-state index in [0.29, 0.717) is 17.2 Å². The second-order valence-corrected chi connectivity index (χ2v) is 4.03. The predicted octanol–water partition coefficient (Wildman–Crippen LogP) is 1.86. The topological polar surface area (TPSA) is 51.0 Å². The number of rotatable bonds is 6. The molecule has 80 valence electrons. The van der Waals surface area contributed by atoms with Gasteiger partial charge in [0.1, 0.15) is 0 Å². The molecule has 1 atom stereocenters. The summed E-state index contributed by atoms with van der Waals surface area (Å²) in [6.07, 6.45) is 1.12. The Labute approximate surface area is 88.9 Å². The van der Waals surface area contributed by atoms with Crippen LogP contribution in [0.4, 0.5) is 0 Å². The number of nitrogens with one attached hydrogen (secondary N) is 1. The van der Waals surface area contributed by atoms with Crippen LogP contribution < -0.4 is 5.32 Å². The van der Waals surface area contributed by atoms with Gasteiger partial charge in [-0.3, -0.25) is 0 Å². The third-order valence-electron chi connectivity index (χ3n) is 1.90. The first-order chi connectivity index (χ1) is 6.76. The van der Waals surface area contributed by atoms with Crippen LogP contribution >= 0.6 is 11.8 Å². The molecule has 1 aromatic heterocycles. The maximum atomic E-state index is 5.27. The first kappa shape index (κ1) is 11.5. The van der Waals surface area contributed by atoms with E-state index in [1.807, 2.05) is 0 Å². The maximum absolute atomic E-state index is 5.27. The Hall–Kier alpha value is -0.550. The summed E-state index contributed by atoms with van der Waals surface area (Å²) in [5.74, 6) is 1.61. The lowest BCUT2D eigenvalue weighted by Gasteiger charge is -2.13. The van der Waals surface area contributed by atoms with Gasteiger partial charge in [0, 0.05) is 18.7 Å². The molecule has 0 aromatic carbocycles. The number of hydrogen-bond acceptors (Lipinski definition) is 5. The van der Waals surface area contributed by atoms with Gasteiger partial charge in [0.15, 0.2) is 0 Å². The van der Waals surface area contributed by atoms with Gasteiger partial charge < -0.3 is 9.73 Å². The van der Waals surface area contributed by atoms with Crippen molar-refractivity contribution in [2.45, 2.75) is 38.5 Å². The van der Waals surface area contributed by atoms with Crippen molar-refractivity contribution in [3.05, 3.63) is 5.89 Å². The Morgan fingerprint density at radius 3 is 2.71 bits per heavy atom. The third-order valence-corrected chi connectivity index (χ3v) is 2.88. The smallest absolute Gasteiger partial charge is 0.276 e. The van der Waals surface area contributed by atoms with E-state index in [4.69, 9.17) is 4.42 Å². The predicted molar refractivity (Wildman–Crippen MR) is 57.5 cm³/mol. The van der Waals surface area contributed by atoms with E-state index in [0.717, 1.165) is 18.7 Å². The van der Waals surface area contributed by atoms with Crippen LogP contribution in [0.3, 0.4) is 0 Å². The molecule has 5 heteroatoms. The molecule has 1 aromatic rings. The largest absolute Gasteiger partial charge is 0.416 e. The van der Waals surface area contributed by atoms with Crippen LogP contribution in [0.15, 0.2) is 9.64 Å². The van der Waals surface area contributed by atoms with E-state index in [-0.39, 0.29) is 0 Å². The second kappa shape index (κ2) is 6.03. The Morgan fingerprint density at radius 2 is 2.21 bits per heavy atom. The van der Waals surface area contributed by atoms with E-state index >= 15 is 0 Å². The summed E-state index contributed by atoms with van der Waals surface area (Å²) in [7, 11) is 0. The number of thioether (sulfide) groups is 1. The van der Waals surface area contributed by atoms with Gasteiger partial charge in [0.25, 0.3) is 5.22 Å². The van der Waals surface area contributed by atoms with Crippen LogP contribution in [0.2, 0.25) is 0 Å². The van der Waals surface area contributed by atoms with E-state index in [1.165, 1.54) is 0 Å². The molecule has 1 unspecified atom stereocenters. The summed E-state index contributed by atoms with van der Waals surface area (Å²) < 4.78 is 5.27. The van der Waals surface area contributed by atoms with Crippen LogP contribution in [0.25, 0.3) is 0 Å². The molecular formula is C9H17N3OS. The molecule has 1 N–H and O–H groups in total. The molecule has 0 saturated carbocycles. The molecule has 0 bridgehead atoms. The fourth-order valence-electron chi connectivity index (χ4n) is 1.12. The minimum Gasteiger partial charge on any atom is -0.416 e. The van der Waals surface area contributed by atoms with Crippen LogP contribution in [-0.2, 0) is 0 Å². The monoisotopic (exact) mass is 215 g/mol. The summed E-state index contributed by atoms with van der Waals surface area (Å²) in [4.78, 5) is 0. The van der Waals surface area contributed by atoms with Crippen LogP contribution in [0.1, 0.15) is 26.2 Å². The van der Waals surface area contributed by atoms with Crippen molar-refractivity contribution in [1.29, 1.82) is 0 Å². The zero-order valence-corrected chi connectivity index (χ0v) is 9.73. The first-order valence-electron chi connectivity index (χ1n) is 4.92. The molecule has 1 heterocycles. The first-order valence-corrected chi connectivity index (χ1v) is 5.91. The van der Waals surface area contributed by atoms with Gasteiger partial charge in [0.05, 0.1) is 0 Å². The zero-order valence-electron chi connectivity index (χ0n) is 8.91. The normalized spacial score (nSPS) is 13.1. The van der Waals surface area contributed by atoms with Crippen molar-refractivity contribution in [2.24, 2.45) is 0 Å². The van der Waals surface area contributed by atoms with Gasteiger partial charge in [-0.05, 0) is 13.0 Å². The molecule has 1 rings (SSSR count). The van der Waals surface area contributed by atoms with Crippen molar-refractivity contribution in [3.8, 4) is 0 Å². The van der Waals surface area contributed by atoms with Gasteiger partial charge in [0.2, 0.25) is 5.89 Å². The number of nitrogens with zero attached hydrogens (tertiary/aromatic N) is 2. The Balaban J connectivity index is 2.31. The van der Waals surface area contributed by atoms with Crippen molar-refractivity contribution >= 4 is 11.8 Å². The summed E-state index contributed by atoms with van der Waals surface area (Å²) >= 11 is 1.61. The maximum Gasteiger partial charge on any atom is 0.276 e. The van der Waals surface area contributed by atoms with E-state index in [9.17, 15) is 0 Å². The molecule has 0 aliphatic carbocycles. The summed E-state index contributed by atoms with van der Waals surface area (Å²) in [5, 5.41) is 11.8. The Morgan fingerprint density at radius 1 is 1.43 bits per heavy atom. The standard InChI is InChI=1S/C9H17N3OS/c1-4-8(10-5-2)6-14-9-12-11-7(3)13-9/h8,10H,4-6H2,1-3H3. The van der Waals surface area contributed by atoms with Crippen LogP contribution in [-0.4, -0.2) is 28.5 Å². The minimum absolute atomic E-state index is 0.525. The van der Waals surface area contributed by atoms with E-state index < -0.39 is 0 Å². The van der Waals surface area contributed by atoms with Crippen LogP contribution in [0.5, 0.6) is 0 Å². The van der Waals surface area contributed by atoms with Crippen molar-refractivity contribution in [3.63, 3.8) is 0 Å². The Kier molecular flexibility index (Phi) is 4.97. The highest BCUT2D eigenvalue weighted by molar-refractivity contribution is 7.99. The highest BCUT2D eigenvalue weighted by Crippen LogP contribution is 2.17. The van der Waals surface area contributed by atoms with Gasteiger partial charge in [-0.2, -0.15) is 0 Å². The molecule has 0 radical (unpaired) electrons. The summed E-state index contributed by atoms with van der Waals surface area (Å²) in [6.45, 7) is 7.09. The highest BCUT2D eigenvalue weighted by Gasteiger charge is 2.08. The average molecular weight is 215 g/mol. The molecule has 0 aliphatic heterocycles. The molecule has 0 saturated heterocycles. The third kappa shape index (κ3) is 3.67. The van der Waals surface area contributed by atoms with Gasteiger partial charge >= 0.3 is 0 Å². The SMILES string of the molecule is CCNC(CC)CSc1nnc(C)o1. The van der Waals surface area contributed by atoms with E-state index in [2.05, 4.69) is 29.4 Å². The summed E-state index contributed by atoms with van der Waals surface area (Å²) in [5.41, 5.74) is 0. The molecule has 0 aliphatic rings. The highest BCUT2D eigenvalue weighted by atomic mass is 32.2. The lowest BCUT2D eigenvalue weighted by molar-refractivity contribution is 0.428. The number of aryl methyl sites for hydroxylation is 1. The molecule has 0 spiro atoms. The fraction of sp³-hybridized carbons (Fsp3) is 0.778. The molecule has 14 heavy (non-hydrogen) atoms. The lowest BCUT2D eigenvalue weighted by Crippen LogP contribution is -2.30. The van der Waals surface area contributed by atoms with Gasteiger partial charge in [-0.1, -0.05) is 25.6 Å². The molecule has 4 nitrogen and oxygen atoms in total.